The second-order valence-electron chi connectivity index (χ2n) is 5.48. The van der Waals surface area contributed by atoms with E-state index in [1.807, 2.05) is 53.1 Å². The van der Waals surface area contributed by atoms with Crippen LogP contribution in [0.3, 0.4) is 0 Å². The minimum atomic E-state index is -0.262. The standard InChI is InChI=1S/C18H17N5O/c1-2-11-24-13-9-7-12(8-10-13)16-21-17(19)22-18-20-14-5-3-4-6-15(14)23(16)18/h2-10,16H,1,11H2,(H3,19,20,21,22). The van der Waals surface area contributed by atoms with Crippen molar-refractivity contribution in [2.45, 2.75) is 6.17 Å². The number of rotatable bonds is 4. The van der Waals surface area contributed by atoms with Crippen molar-refractivity contribution in [3.8, 4) is 5.75 Å². The summed E-state index contributed by atoms with van der Waals surface area (Å²) in [5.74, 6) is 1.84. The van der Waals surface area contributed by atoms with E-state index in [2.05, 4.69) is 21.9 Å². The van der Waals surface area contributed by atoms with Crippen LogP contribution in [0.4, 0.5) is 5.95 Å². The maximum Gasteiger partial charge on any atom is 0.212 e. The Morgan fingerprint density at radius 2 is 2.00 bits per heavy atom. The summed E-state index contributed by atoms with van der Waals surface area (Å²) in [6, 6.07) is 15.8. The molecule has 0 aliphatic carbocycles. The van der Waals surface area contributed by atoms with Gasteiger partial charge in [-0.3, -0.25) is 9.88 Å². The van der Waals surface area contributed by atoms with E-state index in [1.165, 1.54) is 0 Å². The molecule has 0 amide bonds. The van der Waals surface area contributed by atoms with Gasteiger partial charge in [0.05, 0.1) is 11.0 Å². The number of fused-ring (bicyclic) bond motifs is 3. The average molecular weight is 319 g/mol. The highest BCUT2D eigenvalue weighted by Gasteiger charge is 2.24. The molecular formula is C18H17N5O. The Hall–Kier alpha value is -3.28. The normalized spacial score (nSPS) is 16.2. The van der Waals surface area contributed by atoms with Crippen LogP contribution >= 0.6 is 0 Å². The maximum atomic E-state index is 5.94. The van der Waals surface area contributed by atoms with Crippen molar-refractivity contribution in [2.75, 3.05) is 11.9 Å². The van der Waals surface area contributed by atoms with Crippen LogP contribution in [0.25, 0.3) is 11.0 Å². The van der Waals surface area contributed by atoms with Gasteiger partial charge in [-0.25, -0.2) is 9.98 Å². The van der Waals surface area contributed by atoms with Crippen LogP contribution in [0.2, 0.25) is 0 Å². The molecule has 0 radical (unpaired) electrons. The third kappa shape index (κ3) is 2.38. The van der Waals surface area contributed by atoms with E-state index in [9.17, 15) is 0 Å². The fraction of sp³-hybridized carbons (Fsp3) is 0.111. The Kier molecular flexibility index (Phi) is 3.42. The summed E-state index contributed by atoms with van der Waals surface area (Å²) in [4.78, 5) is 9.15. The second-order valence-corrected chi connectivity index (χ2v) is 5.48. The molecule has 2 heterocycles. The molecule has 6 nitrogen and oxygen atoms in total. The number of nitrogens with one attached hydrogen (secondary N) is 1. The zero-order chi connectivity index (χ0) is 16.5. The van der Waals surface area contributed by atoms with Crippen molar-refractivity contribution in [1.29, 1.82) is 0 Å². The van der Waals surface area contributed by atoms with Gasteiger partial charge in [0.15, 0.2) is 12.1 Å². The SMILES string of the molecule is C=CCOc1ccc(C2N=C(N)Nc3nc4ccccc4n32)cc1. The van der Waals surface area contributed by atoms with Crippen molar-refractivity contribution in [3.05, 3.63) is 66.7 Å². The van der Waals surface area contributed by atoms with E-state index in [-0.39, 0.29) is 6.17 Å². The number of hydrogen-bond acceptors (Lipinski definition) is 5. The largest absolute Gasteiger partial charge is 0.490 e. The van der Waals surface area contributed by atoms with E-state index in [1.54, 1.807) is 6.08 Å². The number of nitrogens with two attached hydrogens (primary N) is 1. The fourth-order valence-electron chi connectivity index (χ4n) is 2.83. The van der Waals surface area contributed by atoms with Crippen LogP contribution in [0.1, 0.15) is 11.7 Å². The molecule has 24 heavy (non-hydrogen) atoms. The monoisotopic (exact) mass is 319 g/mol. The van der Waals surface area contributed by atoms with E-state index in [4.69, 9.17) is 10.5 Å². The van der Waals surface area contributed by atoms with Crippen LogP contribution in [0, 0.1) is 0 Å². The lowest BCUT2D eigenvalue weighted by Gasteiger charge is -2.24. The number of ether oxygens (including phenoxy) is 1. The molecule has 1 aromatic heterocycles. The Morgan fingerprint density at radius 3 is 2.79 bits per heavy atom. The number of aliphatic imine (C=N–C) groups is 1. The maximum absolute atomic E-state index is 5.94. The Bertz CT molecular complexity index is 926. The molecule has 3 N–H and O–H groups in total. The van der Waals surface area contributed by atoms with Crippen molar-refractivity contribution < 1.29 is 4.74 Å². The summed E-state index contributed by atoms with van der Waals surface area (Å²) in [5, 5.41) is 3.03. The van der Waals surface area contributed by atoms with Gasteiger partial charge in [-0.15, -0.1) is 0 Å². The first-order valence-corrected chi connectivity index (χ1v) is 7.67. The lowest BCUT2D eigenvalue weighted by Crippen LogP contribution is -2.31. The number of aromatic nitrogens is 2. The number of para-hydroxylation sites is 2. The molecule has 3 aromatic rings. The third-order valence-corrected chi connectivity index (χ3v) is 3.89. The molecule has 4 rings (SSSR count). The molecule has 0 saturated carbocycles. The highest BCUT2D eigenvalue weighted by atomic mass is 16.5. The predicted molar refractivity (Wildman–Crippen MR) is 95.3 cm³/mol. The van der Waals surface area contributed by atoms with E-state index < -0.39 is 0 Å². The van der Waals surface area contributed by atoms with Crippen LogP contribution < -0.4 is 15.8 Å². The molecule has 1 aliphatic heterocycles. The molecule has 2 aromatic carbocycles. The highest BCUT2D eigenvalue weighted by molar-refractivity contribution is 5.94. The number of anilines is 1. The van der Waals surface area contributed by atoms with Gasteiger partial charge in [0.2, 0.25) is 5.95 Å². The molecule has 1 unspecified atom stereocenters. The Morgan fingerprint density at radius 1 is 1.21 bits per heavy atom. The Labute approximate surface area is 139 Å². The van der Waals surface area contributed by atoms with Gasteiger partial charge in [-0.1, -0.05) is 36.9 Å². The summed E-state index contributed by atoms with van der Waals surface area (Å²) >= 11 is 0. The lowest BCUT2D eigenvalue weighted by atomic mass is 10.1. The lowest BCUT2D eigenvalue weighted by molar-refractivity contribution is 0.363. The van der Waals surface area contributed by atoms with Crippen LogP contribution in [0.5, 0.6) is 5.75 Å². The Balaban J connectivity index is 1.77. The number of benzene rings is 2. The third-order valence-electron chi connectivity index (χ3n) is 3.89. The molecule has 0 fully saturated rings. The van der Waals surface area contributed by atoms with Gasteiger partial charge in [0.1, 0.15) is 12.4 Å². The van der Waals surface area contributed by atoms with Crippen LogP contribution in [-0.2, 0) is 0 Å². The van der Waals surface area contributed by atoms with Gasteiger partial charge in [-0.05, 0) is 29.8 Å². The smallest absolute Gasteiger partial charge is 0.212 e. The molecule has 0 spiro atoms. The number of nitrogens with zero attached hydrogens (tertiary/aromatic N) is 3. The van der Waals surface area contributed by atoms with Gasteiger partial charge >= 0.3 is 0 Å². The first kappa shape index (κ1) is 14.3. The van der Waals surface area contributed by atoms with Crippen LogP contribution in [-0.4, -0.2) is 22.1 Å². The van der Waals surface area contributed by atoms with Crippen LogP contribution in [0.15, 0.2) is 66.2 Å². The zero-order valence-corrected chi connectivity index (χ0v) is 13.0. The van der Waals surface area contributed by atoms with Gasteiger partial charge in [-0.2, -0.15) is 0 Å². The topological polar surface area (TPSA) is 77.5 Å². The quantitative estimate of drug-likeness (QED) is 0.725. The molecule has 1 aliphatic rings. The summed E-state index contributed by atoms with van der Waals surface area (Å²) < 4.78 is 7.58. The minimum absolute atomic E-state index is 0.262. The van der Waals surface area contributed by atoms with E-state index in [0.717, 1.165) is 22.3 Å². The summed E-state index contributed by atoms with van der Waals surface area (Å²) in [6.45, 7) is 4.13. The van der Waals surface area contributed by atoms with Crippen molar-refractivity contribution in [1.82, 2.24) is 9.55 Å². The summed E-state index contributed by atoms with van der Waals surface area (Å²) in [6.07, 6.45) is 1.46. The number of imidazole rings is 1. The molecule has 0 bridgehead atoms. The van der Waals surface area contributed by atoms with Crippen molar-refractivity contribution in [2.24, 2.45) is 10.7 Å². The second kappa shape index (κ2) is 5.73. The van der Waals surface area contributed by atoms with Gasteiger partial charge in [0.25, 0.3) is 0 Å². The summed E-state index contributed by atoms with van der Waals surface area (Å²) in [7, 11) is 0. The van der Waals surface area contributed by atoms with Gasteiger partial charge < -0.3 is 10.5 Å². The molecular weight excluding hydrogens is 302 g/mol. The van der Waals surface area contributed by atoms with E-state index in [0.29, 0.717) is 18.5 Å². The predicted octanol–water partition coefficient (Wildman–Crippen LogP) is 2.89. The number of hydrogen-bond donors (Lipinski definition) is 2. The molecule has 6 heteroatoms. The molecule has 0 saturated heterocycles. The van der Waals surface area contributed by atoms with Gasteiger partial charge in [0, 0.05) is 0 Å². The highest BCUT2D eigenvalue weighted by Crippen LogP contribution is 2.32. The first-order chi connectivity index (χ1) is 11.8. The zero-order valence-electron chi connectivity index (χ0n) is 13.0. The number of guanidine groups is 1. The van der Waals surface area contributed by atoms with Crippen molar-refractivity contribution >= 4 is 22.9 Å². The fourth-order valence-corrected chi connectivity index (χ4v) is 2.83. The van der Waals surface area contributed by atoms with E-state index >= 15 is 0 Å². The minimum Gasteiger partial charge on any atom is -0.490 e. The first-order valence-electron chi connectivity index (χ1n) is 7.67. The summed E-state index contributed by atoms with van der Waals surface area (Å²) in [5.41, 5.74) is 8.86. The van der Waals surface area contributed by atoms with Crippen molar-refractivity contribution in [3.63, 3.8) is 0 Å². The average Bonchev–Trinajstić information content (AvgIpc) is 2.97. The molecule has 120 valence electrons. The molecule has 1 atom stereocenters.